The van der Waals surface area contributed by atoms with Gasteiger partial charge >= 0.3 is 0 Å². The van der Waals surface area contributed by atoms with Crippen molar-refractivity contribution in [2.45, 2.75) is 38.9 Å². The van der Waals surface area contributed by atoms with Gasteiger partial charge in [-0.3, -0.25) is 9.59 Å². The van der Waals surface area contributed by atoms with Gasteiger partial charge < -0.3 is 10.2 Å². The highest BCUT2D eigenvalue weighted by Gasteiger charge is 2.43. The van der Waals surface area contributed by atoms with Gasteiger partial charge in [-0.05, 0) is 26.8 Å². The van der Waals surface area contributed by atoms with E-state index >= 15 is 0 Å². The summed E-state index contributed by atoms with van der Waals surface area (Å²) in [6.45, 7) is 4.57. The fourth-order valence-electron chi connectivity index (χ4n) is 2.21. The van der Waals surface area contributed by atoms with Crippen LogP contribution >= 0.6 is 0 Å². The summed E-state index contributed by atoms with van der Waals surface area (Å²) in [5.41, 5.74) is -0.997. The van der Waals surface area contributed by atoms with Crippen molar-refractivity contribution in [3.05, 3.63) is 35.4 Å². The molecular weight excluding hydrogens is 266 g/mol. The highest BCUT2D eigenvalue weighted by Crippen LogP contribution is 2.22. The number of hydrogen-bond acceptors (Lipinski definition) is 2. The van der Waals surface area contributed by atoms with Gasteiger partial charge in [0.2, 0.25) is 11.8 Å². The number of benzene rings is 1. The SMILES string of the molecule is CC1C(=O)NC(C)(C)C(=O)N1Cc1cccc(F)c1F. The number of nitrogens with zero attached hydrogens (tertiary/aromatic N) is 1. The van der Waals surface area contributed by atoms with E-state index in [0.29, 0.717) is 0 Å². The zero-order chi connectivity index (χ0) is 15.1. The number of halogens is 2. The third-order valence-electron chi connectivity index (χ3n) is 3.45. The predicted octanol–water partition coefficient (Wildman–Crippen LogP) is 1.59. The van der Waals surface area contributed by atoms with Crippen molar-refractivity contribution in [3.8, 4) is 0 Å². The first kappa shape index (κ1) is 14.4. The third-order valence-corrected chi connectivity index (χ3v) is 3.45. The molecule has 1 saturated heterocycles. The van der Waals surface area contributed by atoms with Crippen LogP contribution in [0, 0.1) is 11.6 Å². The first-order chi connectivity index (χ1) is 9.24. The molecule has 108 valence electrons. The smallest absolute Gasteiger partial charge is 0.248 e. The van der Waals surface area contributed by atoms with Gasteiger partial charge in [-0.1, -0.05) is 12.1 Å². The van der Waals surface area contributed by atoms with E-state index in [-0.39, 0.29) is 23.9 Å². The summed E-state index contributed by atoms with van der Waals surface area (Å²) >= 11 is 0. The Bertz CT molecular complexity index is 572. The van der Waals surface area contributed by atoms with Gasteiger partial charge in [0.15, 0.2) is 11.6 Å². The third kappa shape index (κ3) is 2.37. The van der Waals surface area contributed by atoms with Crippen molar-refractivity contribution in [1.82, 2.24) is 10.2 Å². The average molecular weight is 282 g/mol. The van der Waals surface area contributed by atoms with E-state index in [4.69, 9.17) is 0 Å². The van der Waals surface area contributed by atoms with Crippen LogP contribution in [0.1, 0.15) is 26.3 Å². The van der Waals surface area contributed by atoms with Gasteiger partial charge in [0.1, 0.15) is 11.6 Å². The zero-order valence-corrected chi connectivity index (χ0v) is 11.5. The molecule has 0 radical (unpaired) electrons. The summed E-state index contributed by atoms with van der Waals surface area (Å²) in [5, 5.41) is 2.60. The Labute approximate surface area is 115 Å². The lowest BCUT2D eigenvalue weighted by molar-refractivity contribution is -0.153. The molecule has 1 aromatic carbocycles. The molecule has 4 nitrogen and oxygen atoms in total. The number of piperazine rings is 1. The lowest BCUT2D eigenvalue weighted by Gasteiger charge is -2.41. The molecule has 1 atom stereocenters. The number of nitrogens with one attached hydrogen (secondary N) is 1. The van der Waals surface area contributed by atoms with Crippen LogP contribution in [0.5, 0.6) is 0 Å². The monoisotopic (exact) mass is 282 g/mol. The highest BCUT2D eigenvalue weighted by atomic mass is 19.2. The van der Waals surface area contributed by atoms with Gasteiger partial charge in [-0.15, -0.1) is 0 Å². The zero-order valence-electron chi connectivity index (χ0n) is 11.5. The normalized spacial score (nSPS) is 21.9. The summed E-state index contributed by atoms with van der Waals surface area (Å²) in [4.78, 5) is 25.4. The molecule has 0 bridgehead atoms. The van der Waals surface area contributed by atoms with Gasteiger partial charge in [0.05, 0.1) is 0 Å². The molecule has 1 aliphatic rings. The van der Waals surface area contributed by atoms with Gasteiger partial charge in [0.25, 0.3) is 0 Å². The Balaban J connectivity index is 2.33. The van der Waals surface area contributed by atoms with Crippen molar-refractivity contribution < 1.29 is 18.4 Å². The predicted molar refractivity (Wildman–Crippen MR) is 68.6 cm³/mol. The molecule has 1 aliphatic heterocycles. The maximum absolute atomic E-state index is 13.7. The summed E-state index contributed by atoms with van der Waals surface area (Å²) < 4.78 is 26.9. The minimum absolute atomic E-state index is 0.0516. The van der Waals surface area contributed by atoms with Crippen molar-refractivity contribution in [2.24, 2.45) is 0 Å². The Morgan fingerprint density at radius 2 is 1.95 bits per heavy atom. The number of carbonyl (C=O) groups is 2. The van der Waals surface area contributed by atoms with Crippen LogP contribution in [-0.4, -0.2) is 28.3 Å². The minimum atomic E-state index is -1.05. The van der Waals surface area contributed by atoms with E-state index in [9.17, 15) is 18.4 Å². The molecule has 1 heterocycles. The first-order valence-corrected chi connectivity index (χ1v) is 6.30. The van der Waals surface area contributed by atoms with Gasteiger partial charge in [-0.2, -0.15) is 0 Å². The molecule has 2 rings (SSSR count). The first-order valence-electron chi connectivity index (χ1n) is 6.30. The van der Waals surface area contributed by atoms with Crippen molar-refractivity contribution >= 4 is 11.8 Å². The number of rotatable bonds is 2. The molecule has 1 N–H and O–H groups in total. The lowest BCUT2D eigenvalue weighted by Crippen LogP contribution is -2.67. The molecule has 0 aromatic heterocycles. The van der Waals surface area contributed by atoms with E-state index in [1.165, 1.54) is 17.0 Å². The fourth-order valence-corrected chi connectivity index (χ4v) is 2.21. The Hall–Kier alpha value is -1.98. The summed E-state index contributed by atoms with van der Waals surface area (Å²) in [6, 6.07) is 3.06. The van der Waals surface area contributed by atoms with Crippen LogP contribution < -0.4 is 5.32 Å². The van der Waals surface area contributed by atoms with Crippen LogP contribution in [0.2, 0.25) is 0 Å². The molecule has 1 aromatic rings. The largest absolute Gasteiger partial charge is 0.340 e. The average Bonchev–Trinajstić information content (AvgIpc) is 2.37. The van der Waals surface area contributed by atoms with E-state index in [1.807, 2.05) is 0 Å². The lowest BCUT2D eigenvalue weighted by atomic mass is 9.96. The van der Waals surface area contributed by atoms with Crippen LogP contribution in [0.25, 0.3) is 0 Å². The van der Waals surface area contributed by atoms with Crippen molar-refractivity contribution in [1.29, 1.82) is 0 Å². The second kappa shape index (κ2) is 4.85. The number of amides is 2. The second-order valence-electron chi connectivity index (χ2n) is 5.44. The topological polar surface area (TPSA) is 49.4 Å². The second-order valence-corrected chi connectivity index (χ2v) is 5.44. The molecule has 1 fully saturated rings. The fraction of sp³-hybridized carbons (Fsp3) is 0.429. The quantitative estimate of drug-likeness (QED) is 0.895. The molecular formula is C14H16F2N2O2. The Kier molecular flexibility index (Phi) is 3.50. The van der Waals surface area contributed by atoms with Crippen LogP contribution in [-0.2, 0) is 16.1 Å². The van der Waals surface area contributed by atoms with E-state index < -0.39 is 23.2 Å². The molecule has 0 spiro atoms. The standard InChI is InChI=1S/C14H16F2N2O2/c1-8-12(19)17-14(2,3)13(20)18(8)7-9-5-4-6-10(15)11(9)16/h4-6,8H,7H2,1-3H3,(H,17,19). The summed E-state index contributed by atoms with van der Waals surface area (Å²) in [6.07, 6.45) is 0. The molecule has 1 unspecified atom stereocenters. The molecule has 20 heavy (non-hydrogen) atoms. The maximum Gasteiger partial charge on any atom is 0.248 e. The maximum atomic E-state index is 13.7. The molecule has 0 aliphatic carbocycles. The van der Waals surface area contributed by atoms with E-state index in [0.717, 1.165) is 6.07 Å². The Morgan fingerprint density at radius 1 is 1.30 bits per heavy atom. The summed E-state index contributed by atoms with van der Waals surface area (Å²) in [5.74, 6) is -2.60. The summed E-state index contributed by atoms with van der Waals surface area (Å²) in [7, 11) is 0. The van der Waals surface area contributed by atoms with Crippen LogP contribution in [0.15, 0.2) is 18.2 Å². The van der Waals surface area contributed by atoms with Crippen LogP contribution in [0.4, 0.5) is 8.78 Å². The molecule has 6 heteroatoms. The number of carbonyl (C=O) groups excluding carboxylic acids is 2. The molecule has 2 amide bonds. The van der Waals surface area contributed by atoms with E-state index in [1.54, 1.807) is 20.8 Å². The molecule has 0 saturated carbocycles. The van der Waals surface area contributed by atoms with Gasteiger partial charge in [0, 0.05) is 12.1 Å². The number of hydrogen-bond donors (Lipinski definition) is 1. The van der Waals surface area contributed by atoms with Crippen LogP contribution in [0.3, 0.4) is 0 Å². The minimum Gasteiger partial charge on any atom is -0.340 e. The van der Waals surface area contributed by atoms with Crippen molar-refractivity contribution in [2.75, 3.05) is 0 Å². The van der Waals surface area contributed by atoms with E-state index in [2.05, 4.69) is 5.32 Å². The van der Waals surface area contributed by atoms with Gasteiger partial charge in [-0.25, -0.2) is 8.78 Å². The highest BCUT2D eigenvalue weighted by molar-refractivity contribution is 5.99. The van der Waals surface area contributed by atoms with Crippen molar-refractivity contribution in [3.63, 3.8) is 0 Å². The Morgan fingerprint density at radius 3 is 2.60 bits per heavy atom.